The summed E-state index contributed by atoms with van der Waals surface area (Å²) in [6.45, 7) is 3.68. The van der Waals surface area contributed by atoms with Crippen LogP contribution in [-0.2, 0) is 13.6 Å². The molecule has 0 spiro atoms. The number of nitrogens with zero attached hydrogens (tertiary/aromatic N) is 6. The van der Waals surface area contributed by atoms with Crippen molar-refractivity contribution in [3.63, 3.8) is 0 Å². The number of nitrogens with one attached hydrogen (secondary N) is 1. The SMILES string of the molecule is Cn1c(=O)[nH]c(=O)c2c1nc(N1CCN(c3ccccc3)CC1)n2CCSc1nc2ccccc2o1. The highest BCUT2D eigenvalue weighted by atomic mass is 32.2. The van der Waals surface area contributed by atoms with E-state index in [-0.39, 0.29) is 0 Å². The molecular formula is C25H25N7O3S. The number of fused-ring (bicyclic) bond motifs is 2. The van der Waals surface area contributed by atoms with Crippen LogP contribution < -0.4 is 21.0 Å². The Balaban J connectivity index is 1.28. The van der Waals surface area contributed by atoms with Gasteiger partial charge in [-0.05, 0) is 24.3 Å². The molecule has 2 aromatic carbocycles. The summed E-state index contributed by atoms with van der Waals surface area (Å²) in [4.78, 5) is 41.4. The summed E-state index contributed by atoms with van der Waals surface area (Å²) >= 11 is 1.49. The maximum absolute atomic E-state index is 12.9. The number of anilines is 2. The van der Waals surface area contributed by atoms with Gasteiger partial charge >= 0.3 is 5.69 Å². The molecule has 6 rings (SSSR count). The van der Waals surface area contributed by atoms with Crippen LogP contribution in [0.4, 0.5) is 11.6 Å². The van der Waals surface area contributed by atoms with Gasteiger partial charge in [-0.15, -0.1) is 0 Å². The molecule has 4 heterocycles. The largest absolute Gasteiger partial charge is 0.431 e. The Morgan fingerprint density at radius 2 is 1.67 bits per heavy atom. The number of piperazine rings is 1. The van der Waals surface area contributed by atoms with Gasteiger partial charge in [-0.3, -0.25) is 14.3 Å². The number of aryl methyl sites for hydroxylation is 2. The van der Waals surface area contributed by atoms with Gasteiger partial charge in [-0.1, -0.05) is 42.1 Å². The molecule has 1 N–H and O–H groups in total. The van der Waals surface area contributed by atoms with Crippen molar-refractivity contribution in [1.29, 1.82) is 0 Å². The molecule has 0 aliphatic carbocycles. The zero-order chi connectivity index (χ0) is 24.6. The second kappa shape index (κ2) is 9.23. The van der Waals surface area contributed by atoms with E-state index in [0.717, 1.165) is 37.3 Å². The van der Waals surface area contributed by atoms with Crippen molar-refractivity contribution in [1.82, 2.24) is 24.1 Å². The number of H-pyrrole nitrogens is 1. The maximum Gasteiger partial charge on any atom is 0.329 e. The lowest BCUT2D eigenvalue weighted by molar-refractivity contribution is 0.489. The van der Waals surface area contributed by atoms with Crippen LogP contribution in [0.5, 0.6) is 0 Å². The summed E-state index contributed by atoms with van der Waals surface area (Å²) in [5.74, 6) is 1.32. The molecule has 1 saturated heterocycles. The number of oxazole rings is 1. The molecule has 0 saturated carbocycles. The topological polar surface area (TPSA) is 105 Å². The monoisotopic (exact) mass is 503 g/mol. The van der Waals surface area contributed by atoms with Gasteiger partial charge in [0.15, 0.2) is 16.7 Å². The summed E-state index contributed by atoms with van der Waals surface area (Å²) in [6.07, 6.45) is 0. The van der Waals surface area contributed by atoms with Gasteiger partial charge in [0, 0.05) is 51.2 Å². The average molecular weight is 504 g/mol. The van der Waals surface area contributed by atoms with Crippen LogP contribution in [0.1, 0.15) is 0 Å². The van der Waals surface area contributed by atoms with Crippen molar-refractivity contribution >= 4 is 45.7 Å². The number of hydrogen-bond donors (Lipinski definition) is 1. The standard InChI is InChI=1S/C25H25N7O3S/c1-29-21-20(22(33)28-24(29)34)32(15-16-36-25-26-18-9-5-6-10-19(18)35-25)23(27-21)31-13-11-30(12-14-31)17-7-3-2-4-8-17/h2-10H,11-16H2,1H3,(H,28,33,34). The fraction of sp³-hybridized carbons (Fsp3) is 0.280. The van der Waals surface area contributed by atoms with Crippen molar-refractivity contribution in [2.24, 2.45) is 7.05 Å². The predicted molar refractivity (Wildman–Crippen MR) is 141 cm³/mol. The van der Waals surface area contributed by atoms with E-state index >= 15 is 0 Å². The second-order valence-electron chi connectivity index (χ2n) is 8.66. The van der Waals surface area contributed by atoms with Gasteiger partial charge in [-0.2, -0.15) is 4.98 Å². The fourth-order valence-corrected chi connectivity index (χ4v) is 5.38. The fourth-order valence-electron chi connectivity index (χ4n) is 4.62. The molecule has 11 heteroatoms. The van der Waals surface area contributed by atoms with Crippen molar-refractivity contribution in [3.8, 4) is 0 Å². The molecular weight excluding hydrogens is 478 g/mol. The molecule has 0 unspecified atom stereocenters. The van der Waals surface area contributed by atoms with Crippen LogP contribution in [0.2, 0.25) is 0 Å². The number of benzene rings is 2. The lowest BCUT2D eigenvalue weighted by Gasteiger charge is -2.36. The van der Waals surface area contributed by atoms with Gasteiger partial charge in [0.1, 0.15) is 5.52 Å². The smallest absolute Gasteiger partial charge is 0.329 e. The Bertz CT molecular complexity index is 1610. The zero-order valence-corrected chi connectivity index (χ0v) is 20.6. The quantitative estimate of drug-likeness (QED) is 0.353. The highest BCUT2D eigenvalue weighted by Gasteiger charge is 2.25. The summed E-state index contributed by atoms with van der Waals surface area (Å²) in [7, 11) is 1.63. The first-order valence-corrected chi connectivity index (χ1v) is 12.8. The predicted octanol–water partition coefficient (Wildman–Crippen LogP) is 2.68. The average Bonchev–Trinajstić information content (AvgIpc) is 3.50. The number of imidazole rings is 1. The Labute approximate surface area is 210 Å². The van der Waals surface area contributed by atoms with Crippen LogP contribution in [0.15, 0.2) is 73.8 Å². The van der Waals surface area contributed by atoms with Crippen LogP contribution in [0, 0.1) is 0 Å². The number of para-hydroxylation sites is 3. The van der Waals surface area contributed by atoms with Gasteiger partial charge in [0.05, 0.1) is 0 Å². The number of rotatable bonds is 6. The lowest BCUT2D eigenvalue weighted by Crippen LogP contribution is -2.47. The molecule has 3 aromatic heterocycles. The van der Waals surface area contributed by atoms with E-state index in [4.69, 9.17) is 9.40 Å². The highest BCUT2D eigenvalue weighted by Crippen LogP contribution is 2.26. The van der Waals surface area contributed by atoms with E-state index in [1.54, 1.807) is 7.05 Å². The second-order valence-corrected chi connectivity index (χ2v) is 9.71. The Morgan fingerprint density at radius 1 is 0.944 bits per heavy atom. The molecule has 1 aliphatic rings. The van der Waals surface area contributed by atoms with Gasteiger partial charge in [0.2, 0.25) is 5.95 Å². The molecule has 5 aromatic rings. The van der Waals surface area contributed by atoms with Crippen LogP contribution in [-0.4, -0.2) is 56.0 Å². The zero-order valence-electron chi connectivity index (χ0n) is 19.8. The van der Waals surface area contributed by atoms with Crippen molar-refractivity contribution in [3.05, 3.63) is 75.4 Å². The minimum Gasteiger partial charge on any atom is -0.431 e. The van der Waals surface area contributed by atoms with Gasteiger partial charge < -0.3 is 18.8 Å². The molecule has 184 valence electrons. The molecule has 0 atom stereocenters. The first kappa shape index (κ1) is 22.5. The Morgan fingerprint density at radius 3 is 2.44 bits per heavy atom. The van der Waals surface area contributed by atoms with E-state index in [9.17, 15) is 9.59 Å². The molecule has 1 aliphatic heterocycles. The van der Waals surface area contributed by atoms with E-state index in [1.807, 2.05) is 47.0 Å². The Kier molecular flexibility index (Phi) is 5.76. The van der Waals surface area contributed by atoms with Crippen molar-refractivity contribution < 1.29 is 4.42 Å². The first-order chi connectivity index (χ1) is 17.6. The summed E-state index contributed by atoms with van der Waals surface area (Å²) in [6, 6.07) is 18.0. The van der Waals surface area contributed by atoms with Gasteiger partial charge in [-0.25, -0.2) is 9.78 Å². The highest BCUT2D eigenvalue weighted by molar-refractivity contribution is 7.99. The number of thioether (sulfide) groups is 1. The molecule has 0 bridgehead atoms. The van der Waals surface area contributed by atoms with E-state index in [1.165, 1.54) is 22.0 Å². The number of aromatic nitrogens is 5. The molecule has 0 radical (unpaired) electrons. The summed E-state index contributed by atoms with van der Waals surface area (Å²) < 4.78 is 9.14. The normalized spacial score (nSPS) is 14.2. The minimum absolute atomic E-state index is 0.385. The third-order valence-electron chi connectivity index (χ3n) is 6.49. The van der Waals surface area contributed by atoms with Crippen LogP contribution in [0.25, 0.3) is 22.3 Å². The van der Waals surface area contributed by atoms with E-state index in [2.05, 4.69) is 31.9 Å². The van der Waals surface area contributed by atoms with Gasteiger partial charge in [0.25, 0.3) is 10.8 Å². The molecule has 0 amide bonds. The lowest BCUT2D eigenvalue weighted by atomic mass is 10.2. The third-order valence-corrected chi connectivity index (χ3v) is 7.29. The minimum atomic E-state index is -0.474. The number of hydrogen-bond acceptors (Lipinski definition) is 8. The van der Waals surface area contributed by atoms with Crippen LogP contribution >= 0.6 is 11.8 Å². The third kappa shape index (κ3) is 4.05. The number of aromatic amines is 1. The van der Waals surface area contributed by atoms with E-state index in [0.29, 0.717) is 34.6 Å². The summed E-state index contributed by atoms with van der Waals surface area (Å²) in [5, 5.41) is 0.583. The first-order valence-electron chi connectivity index (χ1n) is 11.8. The molecule has 36 heavy (non-hydrogen) atoms. The van der Waals surface area contributed by atoms with Crippen molar-refractivity contribution in [2.45, 2.75) is 11.8 Å². The maximum atomic E-state index is 12.9. The van der Waals surface area contributed by atoms with E-state index < -0.39 is 11.2 Å². The van der Waals surface area contributed by atoms with Crippen LogP contribution in [0.3, 0.4) is 0 Å². The Hall–Kier alpha value is -3.99. The summed E-state index contributed by atoms with van der Waals surface area (Å²) in [5.41, 5.74) is 2.64. The van der Waals surface area contributed by atoms with Crippen molar-refractivity contribution in [2.75, 3.05) is 41.7 Å². The molecule has 1 fully saturated rings. The molecule has 10 nitrogen and oxygen atoms in total.